The van der Waals surface area contributed by atoms with Crippen molar-refractivity contribution < 1.29 is 23.9 Å². The molecule has 0 aliphatic carbocycles. The van der Waals surface area contributed by atoms with Crippen molar-refractivity contribution in [2.75, 3.05) is 11.5 Å². The number of carbonyl (C=O) groups excluding carboxylic acids is 3. The highest BCUT2D eigenvalue weighted by molar-refractivity contribution is 6.28. The summed E-state index contributed by atoms with van der Waals surface area (Å²) >= 11 is 0. The number of ether oxygens (including phenoxy) is 2. The summed E-state index contributed by atoms with van der Waals surface area (Å²) < 4.78 is 10.9. The minimum absolute atomic E-state index is 0.0683. The number of hydrogen-bond donors (Lipinski definition) is 0. The fourth-order valence-electron chi connectivity index (χ4n) is 2.98. The van der Waals surface area contributed by atoms with Crippen molar-refractivity contribution in [1.82, 2.24) is 0 Å². The summed E-state index contributed by atoms with van der Waals surface area (Å²) in [6.07, 6.45) is 2.75. The number of nitrogens with zero attached hydrogens (tertiary/aromatic N) is 1. The van der Waals surface area contributed by atoms with Gasteiger partial charge in [-0.1, -0.05) is 19.1 Å². The van der Waals surface area contributed by atoms with Crippen molar-refractivity contribution in [3.63, 3.8) is 0 Å². The van der Waals surface area contributed by atoms with Crippen LogP contribution in [-0.2, 0) is 30.3 Å². The van der Waals surface area contributed by atoms with Crippen LogP contribution in [0.5, 0.6) is 0 Å². The maximum absolute atomic E-state index is 12.1. The van der Waals surface area contributed by atoms with E-state index >= 15 is 0 Å². The smallest absolute Gasteiger partial charge is 0.310 e. The van der Waals surface area contributed by atoms with Gasteiger partial charge in [0.2, 0.25) is 0 Å². The molecule has 0 bridgehead atoms. The van der Waals surface area contributed by atoms with E-state index in [9.17, 15) is 14.4 Å². The second-order valence-corrected chi connectivity index (χ2v) is 6.78. The molecule has 2 atom stereocenters. The van der Waals surface area contributed by atoms with E-state index in [1.54, 1.807) is 24.3 Å². The number of rotatable bonds is 5. The molecule has 1 saturated heterocycles. The summed E-state index contributed by atoms with van der Waals surface area (Å²) in [5.74, 6) is -1.04. The van der Waals surface area contributed by atoms with Gasteiger partial charge >= 0.3 is 5.97 Å². The zero-order chi connectivity index (χ0) is 18.2. The Morgan fingerprint density at radius 1 is 1.12 bits per heavy atom. The second kappa shape index (κ2) is 6.44. The predicted molar refractivity (Wildman–Crippen MR) is 90.9 cm³/mol. The Balaban J connectivity index is 1.56. The molecule has 1 aromatic carbocycles. The number of benzene rings is 1. The topological polar surface area (TPSA) is 72.9 Å². The lowest BCUT2D eigenvalue weighted by molar-refractivity contribution is -0.243. The van der Waals surface area contributed by atoms with E-state index in [4.69, 9.17) is 9.47 Å². The highest BCUT2D eigenvalue weighted by atomic mass is 16.6. The molecule has 132 valence electrons. The lowest BCUT2D eigenvalue weighted by Gasteiger charge is -2.50. The summed E-state index contributed by atoms with van der Waals surface area (Å²) in [6.45, 7) is 6.32. The fourth-order valence-corrected chi connectivity index (χ4v) is 2.98. The van der Waals surface area contributed by atoms with Crippen LogP contribution in [0.25, 0.3) is 0 Å². The van der Waals surface area contributed by atoms with E-state index < -0.39 is 0 Å². The largest absolute Gasteiger partial charge is 0.465 e. The maximum atomic E-state index is 12.1. The quantitative estimate of drug-likeness (QED) is 0.604. The first-order chi connectivity index (χ1) is 11.8. The lowest BCUT2D eigenvalue weighted by Crippen LogP contribution is -2.57. The minimum Gasteiger partial charge on any atom is -0.465 e. The van der Waals surface area contributed by atoms with Gasteiger partial charge in [0.25, 0.3) is 11.8 Å². The second-order valence-electron chi connectivity index (χ2n) is 6.78. The molecule has 0 radical (unpaired) electrons. The normalized spacial score (nSPS) is 28.2. The van der Waals surface area contributed by atoms with Gasteiger partial charge in [-0.05, 0) is 31.5 Å². The molecular formula is C19H21NO5. The Kier molecular flexibility index (Phi) is 4.47. The minimum atomic E-state index is -0.364. The molecule has 2 aliphatic rings. The molecule has 0 spiro atoms. The van der Waals surface area contributed by atoms with Crippen LogP contribution in [0.3, 0.4) is 0 Å². The van der Waals surface area contributed by atoms with Crippen molar-refractivity contribution in [3.05, 3.63) is 42.0 Å². The molecule has 6 heteroatoms. The molecule has 2 aliphatic heterocycles. The van der Waals surface area contributed by atoms with E-state index in [2.05, 4.69) is 0 Å². The van der Waals surface area contributed by atoms with Gasteiger partial charge in [-0.15, -0.1) is 0 Å². The van der Waals surface area contributed by atoms with Gasteiger partial charge in [0.1, 0.15) is 6.61 Å². The van der Waals surface area contributed by atoms with Crippen LogP contribution in [0.2, 0.25) is 0 Å². The average molecular weight is 343 g/mol. The van der Waals surface area contributed by atoms with Gasteiger partial charge in [0, 0.05) is 12.2 Å². The summed E-state index contributed by atoms with van der Waals surface area (Å²) in [5, 5.41) is 0. The van der Waals surface area contributed by atoms with Crippen LogP contribution >= 0.6 is 0 Å². The first-order valence-corrected chi connectivity index (χ1v) is 8.27. The third kappa shape index (κ3) is 3.22. The zero-order valence-corrected chi connectivity index (χ0v) is 14.5. The Morgan fingerprint density at radius 2 is 1.68 bits per heavy atom. The molecule has 0 aromatic heterocycles. The van der Waals surface area contributed by atoms with Crippen LogP contribution < -0.4 is 4.90 Å². The number of amides is 2. The molecule has 0 saturated carbocycles. The molecular weight excluding hydrogens is 322 g/mol. The van der Waals surface area contributed by atoms with Gasteiger partial charge in [-0.2, -0.15) is 0 Å². The summed E-state index contributed by atoms with van der Waals surface area (Å²) in [5.41, 5.74) is 1.10. The van der Waals surface area contributed by atoms with E-state index in [1.807, 2.05) is 20.8 Å². The molecule has 1 fully saturated rings. The molecule has 2 heterocycles. The molecule has 25 heavy (non-hydrogen) atoms. The highest BCUT2D eigenvalue weighted by Crippen LogP contribution is 2.41. The molecule has 0 N–H and O–H groups in total. The zero-order valence-electron chi connectivity index (χ0n) is 14.5. The number of anilines is 1. The Hall–Kier alpha value is -2.47. The number of carbonyl (C=O) groups is 3. The number of esters is 1. The molecule has 1 aromatic rings. The predicted octanol–water partition coefficient (Wildman–Crippen LogP) is 2.02. The average Bonchev–Trinajstić information content (AvgIpc) is 2.92. The number of imide groups is 1. The van der Waals surface area contributed by atoms with Gasteiger partial charge in [-0.25, -0.2) is 4.90 Å². The highest BCUT2D eigenvalue weighted by Gasteiger charge is 2.49. The van der Waals surface area contributed by atoms with Crippen LogP contribution in [0.4, 0.5) is 5.69 Å². The molecule has 6 nitrogen and oxygen atoms in total. The summed E-state index contributed by atoms with van der Waals surface area (Å²) in [6, 6.07) is 6.73. The van der Waals surface area contributed by atoms with E-state index in [0.717, 1.165) is 10.5 Å². The van der Waals surface area contributed by atoms with E-state index in [-0.39, 0.29) is 41.8 Å². The van der Waals surface area contributed by atoms with Gasteiger partial charge < -0.3 is 9.47 Å². The van der Waals surface area contributed by atoms with Crippen molar-refractivity contribution in [1.29, 1.82) is 0 Å². The van der Waals surface area contributed by atoms with Crippen LogP contribution in [0, 0.1) is 5.41 Å². The van der Waals surface area contributed by atoms with Crippen molar-refractivity contribution in [2.45, 2.75) is 39.4 Å². The van der Waals surface area contributed by atoms with Gasteiger partial charge in [0.05, 0.1) is 29.7 Å². The summed E-state index contributed by atoms with van der Waals surface area (Å²) in [4.78, 5) is 36.4. The van der Waals surface area contributed by atoms with Gasteiger partial charge in [0.15, 0.2) is 0 Å². The first-order valence-electron chi connectivity index (χ1n) is 8.27. The van der Waals surface area contributed by atoms with Crippen LogP contribution in [-0.4, -0.2) is 36.6 Å². The standard InChI is InChI=1S/C19H21NO5/c1-12-19(3,13(2)25-12)11-24-18(23)10-14-4-6-15(7-5-14)20-16(21)8-9-17(20)22/h4-9,12-13H,10-11H2,1-3H3. The maximum Gasteiger partial charge on any atom is 0.310 e. The van der Waals surface area contributed by atoms with Crippen molar-refractivity contribution in [3.8, 4) is 0 Å². The van der Waals surface area contributed by atoms with E-state index in [0.29, 0.717) is 12.3 Å². The third-order valence-electron chi connectivity index (χ3n) is 5.16. The first kappa shape index (κ1) is 17.4. The summed E-state index contributed by atoms with van der Waals surface area (Å²) in [7, 11) is 0. The lowest BCUT2D eigenvalue weighted by atomic mass is 9.75. The van der Waals surface area contributed by atoms with Crippen LogP contribution in [0.15, 0.2) is 36.4 Å². The number of hydrogen-bond acceptors (Lipinski definition) is 5. The van der Waals surface area contributed by atoms with Crippen molar-refractivity contribution >= 4 is 23.5 Å². The van der Waals surface area contributed by atoms with Crippen molar-refractivity contribution in [2.24, 2.45) is 5.41 Å². The van der Waals surface area contributed by atoms with Crippen LogP contribution in [0.1, 0.15) is 26.3 Å². The Labute approximate surface area is 146 Å². The SMILES string of the molecule is CC1OC(C)C1(C)COC(=O)Cc1ccc(N2C(=O)C=CC2=O)cc1. The molecule has 2 unspecified atom stereocenters. The molecule has 3 rings (SSSR count). The van der Waals surface area contributed by atoms with Gasteiger partial charge in [-0.3, -0.25) is 14.4 Å². The molecule has 2 amide bonds. The Morgan fingerprint density at radius 3 is 2.20 bits per heavy atom. The fraction of sp³-hybridized carbons (Fsp3) is 0.421. The Bertz CT molecular complexity index is 711. The third-order valence-corrected chi connectivity index (χ3v) is 5.16. The monoisotopic (exact) mass is 343 g/mol. The van der Waals surface area contributed by atoms with E-state index in [1.165, 1.54) is 12.2 Å².